The summed E-state index contributed by atoms with van der Waals surface area (Å²) in [4.78, 5) is 27.2. The molecule has 1 aromatic carbocycles. The van der Waals surface area contributed by atoms with Crippen molar-refractivity contribution in [2.75, 3.05) is 18.0 Å². The van der Waals surface area contributed by atoms with E-state index in [1.165, 1.54) is 18.3 Å². The number of aryl methyl sites for hydroxylation is 1. The fourth-order valence-electron chi connectivity index (χ4n) is 3.99. The number of furan rings is 1. The average molecular weight is 471 g/mol. The number of methoxy groups -OCH3 is 1. The average Bonchev–Trinajstić information content (AvgIpc) is 3.39. The standard InChI is InChI=1S/C23H22N2O7S/c1-14-18(23(28)31-2)11-22(32-14)33(29,30)25-13-17(6-8-21(26)27)19-10-15(5-7-20(19)25)16-4-3-9-24-12-16/h3-5,7,9-12,17H,6,8,13H2,1-2H3,(H,26,27). The van der Waals surface area contributed by atoms with E-state index in [0.29, 0.717) is 5.69 Å². The zero-order chi connectivity index (χ0) is 23.8. The molecule has 1 aliphatic heterocycles. The number of pyridine rings is 1. The maximum Gasteiger partial charge on any atom is 0.341 e. The fraction of sp³-hybridized carbons (Fsp3) is 0.261. The molecule has 0 amide bonds. The number of nitrogens with zero attached hydrogens (tertiary/aromatic N) is 2. The monoisotopic (exact) mass is 470 g/mol. The van der Waals surface area contributed by atoms with Gasteiger partial charge in [-0.15, -0.1) is 0 Å². The zero-order valence-electron chi connectivity index (χ0n) is 18.0. The van der Waals surface area contributed by atoms with Gasteiger partial charge in [-0.1, -0.05) is 12.1 Å². The first-order chi connectivity index (χ1) is 15.7. The molecule has 3 aromatic rings. The summed E-state index contributed by atoms with van der Waals surface area (Å²) < 4.78 is 38.2. The highest BCUT2D eigenvalue weighted by atomic mass is 32.2. The SMILES string of the molecule is COC(=O)c1cc(S(=O)(=O)N2CC(CCC(=O)O)c3cc(-c4cccnc4)ccc32)oc1C. The van der Waals surface area contributed by atoms with Crippen molar-refractivity contribution < 1.29 is 32.3 Å². The molecular formula is C23H22N2O7S. The lowest BCUT2D eigenvalue weighted by Gasteiger charge is -2.18. The van der Waals surface area contributed by atoms with Crippen LogP contribution in [0.3, 0.4) is 0 Å². The van der Waals surface area contributed by atoms with Crippen molar-refractivity contribution in [3.8, 4) is 11.1 Å². The third-order valence-electron chi connectivity index (χ3n) is 5.67. The van der Waals surface area contributed by atoms with E-state index in [4.69, 9.17) is 9.52 Å². The third-order valence-corrected chi connectivity index (χ3v) is 7.30. The molecule has 1 unspecified atom stereocenters. The molecule has 0 spiro atoms. The Labute approximate surface area is 190 Å². The van der Waals surface area contributed by atoms with Gasteiger partial charge in [-0.2, -0.15) is 8.42 Å². The van der Waals surface area contributed by atoms with E-state index in [-0.39, 0.29) is 41.7 Å². The molecule has 0 radical (unpaired) electrons. The van der Waals surface area contributed by atoms with E-state index in [2.05, 4.69) is 9.72 Å². The molecular weight excluding hydrogens is 448 g/mol. The van der Waals surface area contributed by atoms with Gasteiger partial charge in [0.05, 0.1) is 12.8 Å². The molecule has 1 aliphatic rings. The summed E-state index contributed by atoms with van der Waals surface area (Å²) in [6.07, 6.45) is 3.54. The zero-order valence-corrected chi connectivity index (χ0v) is 18.8. The minimum Gasteiger partial charge on any atom is -0.481 e. The van der Waals surface area contributed by atoms with Crippen molar-refractivity contribution in [3.63, 3.8) is 0 Å². The summed E-state index contributed by atoms with van der Waals surface area (Å²) in [7, 11) is -2.94. The lowest BCUT2D eigenvalue weighted by molar-refractivity contribution is -0.137. The number of hydrogen-bond acceptors (Lipinski definition) is 7. The molecule has 1 N–H and O–H groups in total. The summed E-state index contributed by atoms with van der Waals surface area (Å²) in [5.41, 5.74) is 2.93. The van der Waals surface area contributed by atoms with Crippen LogP contribution in [0, 0.1) is 6.92 Å². The second kappa shape index (κ2) is 8.70. The number of esters is 1. The number of ether oxygens (including phenoxy) is 1. The largest absolute Gasteiger partial charge is 0.481 e. The highest BCUT2D eigenvalue weighted by Crippen LogP contribution is 2.43. The van der Waals surface area contributed by atoms with Crippen LogP contribution in [-0.4, -0.2) is 44.1 Å². The van der Waals surface area contributed by atoms with Crippen LogP contribution in [0.4, 0.5) is 5.69 Å². The van der Waals surface area contributed by atoms with Crippen LogP contribution in [0.1, 0.15) is 40.4 Å². The molecule has 1 atom stereocenters. The predicted molar refractivity (Wildman–Crippen MR) is 119 cm³/mol. The van der Waals surface area contributed by atoms with Crippen LogP contribution in [0.2, 0.25) is 0 Å². The Morgan fingerprint density at radius 2 is 2.03 bits per heavy atom. The van der Waals surface area contributed by atoms with Gasteiger partial charge in [0.25, 0.3) is 10.0 Å². The smallest absolute Gasteiger partial charge is 0.341 e. The number of aliphatic carboxylic acids is 1. The summed E-state index contributed by atoms with van der Waals surface area (Å²) in [6, 6.07) is 10.2. The molecule has 0 fully saturated rings. The molecule has 2 aromatic heterocycles. The van der Waals surface area contributed by atoms with E-state index in [0.717, 1.165) is 22.8 Å². The Bertz CT molecular complexity index is 1320. The Morgan fingerprint density at radius 1 is 1.24 bits per heavy atom. The summed E-state index contributed by atoms with van der Waals surface area (Å²) >= 11 is 0. The van der Waals surface area contributed by atoms with Crippen LogP contribution in [0.5, 0.6) is 0 Å². The summed E-state index contributed by atoms with van der Waals surface area (Å²) in [5, 5.41) is 8.79. The summed E-state index contributed by atoms with van der Waals surface area (Å²) in [6.45, 7) is 1.55. The first kappa shape index (κ1) is 22.5. The van der Waals surface area contributed by atoms with E-state index >= 15 is 0 Å². The maximum absolute atomic E-state index is 13.5. The van der Waals surface area contributed by atoms with Gasteiger partial charge in [0.2, 0.25) is 5.09 Å². The number of hydrogen-bond donors (Lipinski definition) is 1. The van der Waals surface area contributed by atoms with Crippen LogP contribution < -0.4 is 4.31 Å². The van der Waals surface area contributed by atoms with E-state index < -0.39 is 22.0 Å². The van der Waals surface area contributed by atoms with Crippen LogP contribution in [0.25, 0.3) is 11.1 Å². The minimum atomic E-state index is -4.15. The Balaban J connectivity index is 1.76. The van der Waals surface area contributed by atoms with Crippen LogP contribution in [0.15, 0.2) is 58.3 Å². The van der Waals surface area contributed by atoms with Crippen molar-refractivity contribution in [3.05, 3.63) is 65.7 Å². The molecule has 0 aliphatic carbocycles. The molecule has 9 nitrogen and oxygen atoms in total. The second-order valence-electron chi connectivity index (χ2n) is 7.71. The molecule has 0 saturated heterocycles. The number of sulfonamides is 1. The van der Waals surface area contributed by atoms with Gasteiger partial charge in [0.1, 0.15) is 11.3 Å². The lowest BCUT2D eigenvalue weighted by atomic mass is 9.93. The van der Waals surface area contributed by atoms with E-state index in [9.17, 15) is 18.0 Å². The van der Waals surface area contributed by atoms with Gasteiger partial charge in [0.15, 0.2) is 0 Å². The Morgan fingerprint density at radius 3 is 2.70 bits per heavy atom. The number of carbonyl (C=O) groups excluding carboxylic acids is 1. The molecule has 4 rings (SSSR count). The van der Waals surface area contributed by atoms with E-state index in [1.54, 1.807) is 30.6 Å². The third kappa shape index (κ3) is 4.21. The van der Waals surface area contributed by atoms with Crippen molar-refractivity contribution in [1.82, 2.24) is 4.98 Å². The second-order valence-corrected chi connectivity index (χ2v) is 9.50. The first-order valence-corrected chi connectivity index (χ1v) is 11.6. The molecule has 3 heterocycles. The van der Waals surface area contributed by atoms with Gasteiger partial charge >= 0.3 is 11.9 Å². The Hall–Kier alpha value is -3.66. The van der Waals surface area contributed by atoms with Crippen LogP contribution in [-0.2, 0) is 19.6 Å². The van der Waals surface area contributed by atoms with Crippen molar-refractivity contribution in [1.29, 1.82) is 0 Å². The van der Waals surface area contributed by atoms with Gasteiger partial charge in [-0.05, 0) is 48.2 Å². The molecule has 10 heteroatoms. The number of carbonyl (C=O) groups is 2. The van der Waals surface area contributed by atoms with Crippen molar-refractivity contribution in [2.45, 2.75) is 30.8 Å². The number of rotatable bonds is 7. The first-order valence-electron chi connectivity index (χ1n) is 10.2. The minimum absolute atomic E-state index is 0.0323. The van der Waals surface area contributed by atoms with Crippen LogP contribution >= 0.6 is 0 Å². The molecule has 0 bridgehead atoms. The molecule has 172 valence electrons. The number of benzene rings is 1. The van der Waals surface area contributed by atoms with Gasteiger partial charge in [0, 0.05) is 37.3 Å². The van der Waals surface area contributed by atoms with Gasteiger partial charge in [-0.3, -0.25) is 14.1 Å². The normalized spacial score (nSPS) is 15.3. The van der Waals surface area contributed by atoms with E-state index in [1.807, 2.05) is 12.1 Å². The maximum atomic E-state index is 13.5. The predicted octanol–water partition coefficient (Wildman–Crippen LogP) is 3.59. The fourth-order valence-corrected chi connectivity index (χ4v) is 5.51. The molecule has 33 heavy (non-hydrogen) atoms. The lowest BCUT2D eigenvalue weighted by Crippen LogP contribution is -2.29. The molecule has 0 saturated carbocycles. The summed E-state index contributed by atoms with van der Waals surface area (Å²) in [5.74, 6) is -1.83. The quantitative estimate of drug-likeness (QED) is 0.519. The number of anilines is 1. The number of aromatic nitrogens is 1. The van der Waals surface area contributed by atoms with Crippen molar-refractivity contribution >= 4 is 27.6 Å². The number of carboxylic acid groups (broad SMARTS) is 1. The highest BCUT2D eigenvalue weighted by molar-refractivity contribution is 7.92. The highest BCUT2D eigenvalue weighted by Gasteiger charge is 2.39. The van der Waals surface area contributed by atoms with Gasteiger partial charge in [-0.25, -0.2) is 4.79 Å². The number of fused-ring (bicyclic) bond motifs is 1. The van der Waals surface area contributed by atoms with Gasteiger partial charge < -0.3 is 14.3 Å². The van der Waals surface area contributed by atoms with Crippen molar-refractivity contribution in [2.24, 2.45) is 0 Å². The topological polar surface area (TPSA) is 127 Å². The Kier molecular flexibility index (Phi) is 5.94. The number of carboxylic acids is 1.